The van der Waals surface area contributed by atoms with Crippen LogP contribution in [-0.4, -0.2) is 56.8 Å². The van der Waals surface area contributed by atoms with Crippen LogP contribution in [0.4, 0.5) is 0 Å². The average Bonchev–Trinajstić information content (AvgIpc) is 2.77. The lowest BCUT2D eigenvalue weighted by Gasteiger charge is -2.23. The number of rotatable bonds is 4. The van der Waals surface area contributed by atoms with Crippen molar-refractivity contribution in [3.8, 4) is 0 Å². The van der Waals surface area contributed by atoms with E-state index in [1.54, 1.807) is 25.2 Å². The van der Waals surface area contributed by atoms with Gasteiger partial charge in [-0.25, -0.2) is 0 Å². The highest BCUT2D eigenvalue weighted by Crippen LogP contribution is 2.26. The van der Waals surface area contributed by atoms with E-state index in [2.05, 4.69) is 9.82 Å². The molecule has 0 aliphatic carbocycles. The fourth-order valence-electron chi connectivity index (χ4n) is 2.26. The molecule has 2 rings (SSSR count). The predicted octanol–water partition coefficient (Wildman–Crippen LogP) is 0.440. The smallest absolute Gasteiger partial charge is 0.285 e. The fourth-order valence-corrected chi connectivity index (χ4v) is 3.49. The Morgan fingerprint density at radius 3 is 2.50 bits per heavy atom. The lowest BCUT2D eigenvalue weighted by molar-refractivity contribution is -0.125. The van der Waals surface area contributed by atoms with Gasteiger partial charge in [-0.1, -0.05) is 26.0 Å². The van der Waals surface area contributed by atoms with Gasteiger partial charge in [0.15, 0.2) is 5.84 Å². The summed E-state index contributed by atoms with van der Waals surface area (Å²) in [5, 5.41) is 1.36. The first-order valence-corrected chi connectivity index (χ1v) is 8.53. The van der Waals surface area contributed by atoms with Crippen LogP contribution in [0.1, 0.15) is 19.4 Å². The molecule has 7 nitrogen and oxygen atoms in total. The number of amides is 1. The Morgan fingerprint density at radius 2 is 1.86 bits per heavy atom. The molecule has 0 atom stereocenters. The zero-order chi connectivity index (χ0) is 16.3. The third-order valence-electron chi connectivity index (χ3n) is 3.48. The number of carbonyl (C=O) groups excluding carboxylic acids is 1. The molecule has 1 N–H and O–H groups in total. The third kappa shape index (κ3) is 3.28. The molecule has 1 amide bonds. The monoisotopic (exact) mass is 324 g/mol. The molecule has 0 unspecified atom stereocenters. The van der Waals surface area contributed by atoms with Crippen molar-refractivity contribution in [2.75, 3.05) is 26.7 Å². The topological polar surface area (TPSA) is 82.1 Å². The summed E-state index contributed by atoms with van der Waals surface area (Å²) in [5.74, 6) is 0.0131. The van der Waals surface area contributed by atoms with Crippen LogP contribution in [0.3, 0.4) is 0 Å². The van der Waals surface area contributed by atoms with Crippen LogP contribution in [0.25, 0.3) is 0 Å². The molecule has 1 aromatic carbocycles. The number of nitrogens with one attached hydrogen (secondary N) is 1. The van der Waals surface area contributed by atoms with E-state index in [1.165, 1.54) is 11.1 Å². The van der Waals surface area contributed by atoms with E-state index in [-0.39, 0.29) is 23.2 Å². The lowest BCUT2D eigenvalue weighted by Crippen LogP contribution is -2.47. The van der Waals surface area contributed by atoms with Crippen molar-refractivity contribution < 1.29 is 13.2 Å². The van der Waals surface area contributed by atoms with E-state index in [9.17, 15) is 13.2 Å². The first-order chi connectivity index (χ1) is 10.4. The summed E-state index contributed by atoms with van der Waals surface area (Å²) in [6.45, 7) is 5.74. The summed E-state index contributed by atoms with van der Waals surface area (Å²) in [7, 11) is -2.10. The Kier molecular flexibility index (Phi) is 4.82. The van der Waals surface area contributed by atoms with Crippen molar-refractivity contribution in [1.82, 2.24) is 15.3 Å². The van der Waals surface area contributed by atoms with Gasteiger partial charge in [0.1, 0.15) is 4.90 Å². The molecule has 0 radical (unpaired) electrons. The predicted molar refractivity (Wildman–Crippen MR) is 83.9 cm³/mol. The van der Waals surface area contributed by atoms with E-state index in [1.807, 2.05) is 18.7 Å². The maximum absolute atomic E-state index is 12.0. The number of likely N-dealkylation sites (N-methyl/N-ethyl adjacent to an activating group) is 1. The number of hydrogen-bond donors (Lipinski definition) is 1. The standard InChI is InChI=1S/C14H20N4O3S/c1-4-18(5-2)10-13(19)15-17(3)14-11-8-6-7-9-12(11)22(20,21)16-14/h6-9H,4-5,10H2,1-3H3,(H,15,19). The number of sulfonamides is 1. The first kappa shape index (κ1) is 16.4. The van der Waals surface area contributed by atoms with Crippen LogP contribution in [0.15, 0.2) is 33.6 Å². The zero-order valence-corrected chi connectivity index (χ0v) is 13.7. The normalized spacial score (nSPS) is 15.4. The Morgan fingerprint density at radius 1 is 1.23 bits per heavy atom. The van der Waals surface area contributed by atoms with Crippen molar-refractivity contribution in [2.45, 2.75) is 18.7 Å². The van der Waals surface area contributed by atoms with Crippen molar-refractivity contribution in [3.63, 3.8) is 0 Å². The highest BCUT2D eigenvalue weighted by Gasteiger charge is 2.31. The second-order valence-corrected chi connectivity index (χ2v) is 6.51. The van der Waals surface area contributed by atoms with Gasteiger partial charge in [0.2, 0.25) is 0 Å². The molecule has 0 fully saturated rings. The summed E-state index contributed by atoms with van der Waals surface area (Å²) in [4.78, 5) is 14.1. The maximum atomic E-state index is 12.0. The van der Waals surface area contributed by atoms with Gasteiger partial charge in [-0.05, 0) is 25.2 Å². The van der Waals surface area contributed by atoms with Gasteiger partial charge in [0.05, 0.1) is 6.54 Å². The van der Waals surface area contributed by atoms with E-state index >= 15 is 0 Å². The van der Waals surface area contributed by atoms with E-state index in [0.29, 0.717) is 5.56 Å². The highest BCUT2D eigenvalue weighted by atomic mass is 32.2. The third-order valence-corrected chi connectivity index (χ3v) is 4.81. The van der Waals surface area contributed by atoms with E-state index in [4.69, 9.17) is 0 Å². The molecule has 0 bridgehead atoms. The number of amidine groups is 1. The average molecular weight is 324 g/mol. The van der Waals surface area contributed by atoms with Crippen LogP contribution in [0.2, 0.25) is 0 Å². The van der Waals surface area contributed by atoms with Gasteiger partial charge in [-0.3, -0.25) is 20.1 Å². The molecule has 0 saturated carbocycles. The van der Waals surface area contributed by atoms with Crippen molar-refractivity contribution in [2.24, 2.45) is 4.40 Å². The zero-order valence-electron chi connectivity index (χ0n) is 12.9. The lowest BCUT2D eigenvalue weighted by atomic mass is 10.2. The van der Waals surface area contributed by atoms with Crippen LogP contribution >= 0.6 is 0 Å². The van der Waals surface area contributed by atoms with E-state index < -0.39 is 10.0 Å². The van der Waals surface area contributed by atoms with Crippen LogP contribution in [-0.2, 0) is 14.8 Å². The minimum absolute atomic E-state index is 0.162. The SMILES string of the molecule is CCN(CC)CC(=O)NN(C)C1=NS(=O)(=O)c2ccccc21. The molecule has 1 aromatic rings. The Balaban J connectivity index is 2.14. The largest absolute Gasteiger partial charge is 0.295 e. The van der Waals surface area contributed by atoms with Gasteiger partial charge in [0.25, 0.3) is 15.9 Å². The molecular formula is C14H20N4O3S. The molecule has 0 aromatic heterocycles. The molecule has 22 heavy (non-hydrogen) atoms. The number of benzene rings is 1. The van der Waals surface area contributed by atoms with Gasteiger partial charge in [-0.2, -0.15) is 8.42 Å². The number of carbonyl (C=O) groups is 1. The van der Waals surface area contributed by atoms with Crippen molar-refractivity contribution >= 4 is 21.8 Å². The highest BCUT2D eigenvalue weighted by molar-refractivity contribution is 7.90. The molecule has 1 heterocycles. The molecule has 1 aliphatic rings. The summed E-state index contributed by atoms with van der Waals surface area (Å²) in [5.41, 5.74) is 3.15. The van der Waals surface area contributed by atoms with Crippen molar-refractivity contribution in [1.29, 1.82) is 0 Å². The molecule has 1 aliphatic heterocycles. The number of fused-ring (bicyclic) bond motifs is 1. The summed E-state index contributed by atoms with van der Waals surface area (Å²) < 4.78 is 27.7. The molecule has 8 heteroatoms. The minimum Gasteiger partial charge on any atom is -0.295 e. The van der Waals surface area contributed by atoms with Gasteiger partial charge in [0, 0.05) is 12.6 Å². The molecule has 0 spiro atoms. The quantitative estimate of drug-likeness (QED) is 0.813. The van der Waals surface area contributed by atoms with Crippen LogP contribution < -0.4 is 5.43 Å². The Hall–Kier alpha value is -1.93. The summed E-state index contributed by atoms with van der Waals surface area (Å²) >= 11 is 0. The Bertz CT molecular complexity index is 696. The van der Waals surface area contributed by atoms with Crippen LogP contribution in [0.5, 0.6) is 0 Å². The summed E-state index contributed by atoms with van der Waals surface area (Å²) in [6, 6.07) is 6.56. The van der Waals surface area contributed by atoms with Crippen LogP contribution in [0, 0.1) is 0 Å². The van der Waals surface area contributed by atoms with E-state index in [0.717, 1.165) is 13.1 Å². The minimum atomic E-state index is -3.68. The number of hydrazine groups is 1. The summed E-state index contributed by atoms with van der Waals surface area (Å²) in [6.07, 6.45) is 0. The van der Waals surface area contributed by atoms with Gasteiger partial charge < -0.3 is 0 Å². The first-order valence-electron chi connectivity index (χ1n) is 7.09. The maximum Gasteiger partial charge on any atom is 0.285 e. The Labute approximate surface area is 130 Å². The molecular weight excluding hydrogens is 304 g/mol. The van der Waals surface area contributed by atoms with Gasteiger partial charge >= 0.3 is 0 Å². The molecule has 0 saturated heterocycles. The fraction of sp³-hybridized carbons (Fsp3) is 0.429. The second kappa shape index (κ2) is 6.45. The van der Waals surface area contributed by atoms with Gasteiger partial charge in [-0.15, -0.1) is 4.40 Å². The second-order valence-electron chi connectivity index (χ2n) is 4.94. The number of nitrogens with zero attached hydrogens (tertiary/aromatic N) is 3. The molecule has 120 valence electrons. The van der Waals surface area contributed by atoms with Crippen molar-refractivity contribution in [3.05, 3.63) is 29.8 Å². The number of hydrogen-bond acceptors (Lipinski definition) is 5.